The van der Waals surface area contributed by atoms with E-state index >= 15 is 0 Å². The number of aliphatic carboxylic acids is 1. The van der Waals surface area contributed by atoms with Crippen LogP contribution in [0.5, 0.6) is 0 Å². The molecule has 0 aromatic carbocycles. The van der Waals surface area contributed by atoms with Crippen molar-refractivity contribution >= 4 is 12.0 Å². The van der Waals surface area contributed by atoms with Gasteiger partial charge < -0.3 is 25.2 Å². The number of nitrogens with zero attached hydrogens (tertiary/aromatic N) is 1. The monoisotopic (exact) mass is 275 g/mol. The quantitative estimate of drug-likeness (QED) is 0.477. The SMILES string of the molecule is O=C(O)COCCNC(=O)NCCN1CCOCC1. The summed E-state index contributed by atoms with van der Waals surface area (Å²) in [7, 11) is 0. The predicted molar refractivity (Wildman–Crippen MR) is 67.1 cm³/mol. The molecule has 3 N–H and O–H groups in total. The Hall–Kier alpha value is -1.38. The molecule has 0 radical (unpaired) electrons. The minimum absolute atomic E-state index is 0.184. The number of carbonyl (C=O) groups excluding carboxylic acids is 1. The van der Waals surface area contributed by atoms with Gasteiger partial charge in [-0.05, 0) is 0 Å². The number of ether oxygens (including phenoxy) is 2. The van der Waals surface area contributed by atoms with Crippen molar-refractivity contribution in [3.63, 3.8) is 0 Å². The van der Waals surface area contributed by atoms with Crippen molar-refractivity contribution in [3.8, 4) is 0 Å². The molecule has 0 unspecified atom stereocenters. The highest BCUT2D eigenvalue weighted by Crippen LogP contribution is 1.94. The van der Waals surface area contributed by atoms with E-state index in [0.29, 0.717) is 6.54 Å². The number of morpholine rings is 1. The second-order valence-electron chi connectivity index (χ2n) is 4.08. The van der Waals surface area contributed by atoms with Crippen molar-refractivity contribution in [1.29, 1.82) is 0 Å². The number of carboxylic acids is 1. The average Bonchev–Trinajstić information content (AvgIpc) is 2.39. The molecule has 1 saturated heterocycles. The second-order valence-corrected chi connectivity index (χ2v) is 4.08. The van der Waals surface area contributed by atoms with Gasteiger partial charge >= 0.3 is 12.0 Å². The summed E-state index contributed by atoms with van der Waals surface area (Å²) in [6.07, 6.45) is 0. The number of carbonyl (C=O) groups is 2. The van der Waals surface area contributed by atoms with Gasteiger partial charge in [-0.3, -0.25) is 4.90 Å². The first-order chi connectivity index (χ1) is 9.18. The minimum Gasteiger partial charge on any atom is -0.480 e. The summed E-state index contributed by atoms with van der Waals surface area (Å²) in [6, 6.07) is -0.271. The van der Waals surface area contributed by atoms with Gasteiger partial charge in [-0.15, -0.1) is 0 Å². The number of hydrogen-bond acceptors (Lipinski definition) is 5. The Bertz CT molecular complexity index is 282. The summed E-state index contributed by atoms with van der Waals surface area (Å²) in [5, 5.41) is 13.6. The highest BCUT2D eigenvalue weighted by Gasteiger charge is 2.09. The molecule has 0 aromatic rings. The highest BCUT2D eigenvalue weighted by atomic mass is 16.5. The summed E-state index contributed by atoms with van der Waals surface area (Å²) in [5.74, 6) is -1.02. The Morgan fingerprint density at radius 2 is 1.89 bits per heavy atom. The molecule has 0 bridgehead atoms. The van der Waals surface area contributed by atoms with Crippen LogP contribution in [0.25, 0.3) is 0 Å². The van der Waals surface area contributed by atoms with E-state index in [1.165, 1.54) is 0 Å². The molecule has 19 heavy (non-hydrogen) atoms. The fraction of sp³-hybridized carbons (Fsp3) is 0.818. The Balaban J connectivity index is 1.91. The predicted octanol–water partition coefficient (Wildman–Crippen LogP) is -1.28. The van der Waals surface area contributed by atoms with Crippen LogP contribution in [0, 0.1) is 0 Å². The molecule has 0 spiro atoms. The molecular weight excluding hydrogens is 254 g/mol. The van der Waals surface area contributed by atoms with Crippen molar-refractivity contribution in [3.05, 3.63) is 0 Å². The smallest absolute Gasteiger partial charge is 0.329 e. The molecule has 1 heterocycles. The first-order valence-electron chi connectivity index (χ1n) is 6.30. The molecule has 0 atom stereocenters. The third-order valence-corrected chi connectivity index (χ3v) is 2.57. The number of amides is 2. The number of urea groups is 1. The Morgan fingerprint density at radius 3 is 2.58 bits per heavy atom. The fourth-order valence-electron chi connectivity index (χ4n) is 1.61. The molecule has 0 aromatic heterocycles. The van der Waals surface area contributed by atoms with Crippen molar-refractivity contribution in [2.45, 2.75) is 0 Å². The molecule has 1 aliphatic heterocycles. The zero-order chi connectivity index (χ0) is 13.9. The Labute approximate surface area is 112 Å². The van der Waals surface area contributed by atoms with Gasteiger partial charge in [0.15, 0.2) is 0 Å². The molecule has 1 rings (SSSR count). The van der Waals surface area contributed by atoms with E-state index in [0.717, 1.165) is 32.8 Å². The molecule has 0 saturated carbocycles. The topological polar surface area (TPSA) is 100 Å². The number of hydrogen-bond donors (Lipinski definition) is 3. The van der Waals surface area contributed by atoms with Gasteiger partial charge in [0.2, 0.25) is 0 Å². The maximum absolute atomic E-state index is 11.3. The van der Waals surface area contributed by atoms with Crippen LogP contribution in [0.4, 0.5) is 4.79 Å². The second kappa shape index (κ2) is 9.54. The van der Waals surface area contributed by atoms with Gasteiger partial charge in [-0.2, -0.15) is 0 Å². The molecule has 8 nitrogen and oxygen atoms in total. The largest absolute Gasteiger partial charge is 0.480 e. The Kier molecular flexibility index (Phi) is 7.87. The number of carboxylic acid groups (broad SMARTS) is 1. The summed E-state index contributed by atoms with van der Waals surface area (Å²) in [5.41, 5.74) is 0. The van der Waals surface area contributed by atoms with E-state index < -0.39 is 5.97 Å². The van der Waals surface area contributed by atoms with Crippen molar-refractivity contribution < 1.29 is 24.2 Å². The standard InChI is InChI=1S/C11H21N3O5/c15-10(16)9-19-6-2-13-11(17)12-1-3-14-4-7-18-8-5-14/h1-9H2,(H,15,16)(H2,12,13,17). The minimum atomic E-state index is -1.02. The van der Waals surface area contributed by atoms with Crippen molar-refractivity contribution in [2.24, 2.45) is 0 Å². The van der Waals surface area contributed by atoms with Gasteiger partial charge in [0.05, 0.1) is 19.8 Å². The molecule has 8 heteroatoms. The molecule has 1 aliphatic rings. The zero-order valence-electron chi connectivity index (χ0n) is 10.9. The van der Waals surface area contributed by atoms with Crippen molar-refractivity contribution in [2.75, 3.05) is 59.2 Å². The molecule has 2 amide bonds. The fourth-order valence-corrected chi connectivity index (χ4v) is 1.61. The lowest BCUT2D eigenvalue weighted by Crippen LogP contribution is -2.44. The van der Waals surface area contributed by atoms with E-state index in [9.17, 15) is 9.59 Å². The van der Waals surface area contributed by atoms with Crippen LogP contribution in [0.2, 0.25) is 0 Å². The van der Waals surface area contributed by atoms with Gasteiger partial charge in [-0.1, -0.05) is 0 Å². The van der Waals surface area contributed by atoms with E-state index in [1.807, 2.05) is 0 Å². The third kappa shape index (κ3) is 8.36. The van der Waals surface area contributed by atoms with E-state index in [2.05, 4.69) is 15.5 Å². The van der Waals surface area contributed by atoms with Crippen LogP contribution in [0.1, 0.15) is 0 Å². The summed E-state index contributed by atoms with van der Waals surface area (Å²) >= 11 is 0. The zero-order valence-corrected chi connectivity index (χ0v) is 10.9. The van der Waals surface area contributed by atoms with Crippen LogP contribution >= 0.6 is 0 Å². The lowest BCUT2D eigenvalue weighted by molar-refractivity contribution is -0.142. The van der Waals surface area contributed by atoms with Gasteiger partial charge in [0, 0.05) is 32.7 Å². The van der Waals surface area contributed by atoms with Crippen LogP contribution in [0.3, 0.4) is 0 Å². The van der Waals surface area contributed by atoms with E-state index in [1.54, 1.807) is 0 Å². The average molecular weight is 275 g/mol. The van der Waals surface area contributed by atoms with E-state index in [-0.39, 0.29) is 25.8 Å². The molecule has 110 valence electrons. The van der Waals surface area contributed by atoms with E-state index in [4.69, 9.17) is 14.6 Å². The van der Waals surface area contributed by atoms with Gasteiger partial charge in [-0.25, -0.2) is 9.59 Å². The molecule has 0 aliphatic carbocycles. The van der Waals surface area contributed by atoms with Gasteiger partial charge in [0.1, 0.15) is 6.61 Å². The van der Waals surface area contributed by atoms with Gasteiger partial charge in [0.25, 0.3) is 0 Å². The number of rotatable bonds is 8. The maximum atomic E-state index is 11.3. The maximum Gasteiger partial charge on any atom is 0.329 e. The molecule has 1 fully saturated rings. The molecular formula is C11H21N3O5. The summed E-state index contributed by atoms with van der Waals surface area (Å²) < 4.78 is 10.0. The highest BCUT2D eigenvalue weighted by molar-refractivity contribution is 5.73. The summed E-state index contributed by atoms with van der Waals surface area (Å²) in [4.78, 5) is 23.7. The normalized spacial score (nSPS) is 16.0. The lowest BCUT2D eigenvalue weighted by Gasteiger charge is -2.26. The third-order valence-electron chi connectivity index (χ3n) is 2.57. The first kappa shape index (κ1) is 15.7. The van der Waals surface area contributed by atoms with Crippen LogP contribution in [0.15, 0.2) is 0 Å². The van der Waals surface area contributed by atoms with Crippen LogP contribution in [-0.2, 0) is 14.3 Å². The number of nitrogens with one attached hydrogen (secondary N) is 2. The Morgan fingerprint density at radius 1 is 1.21 bits per heavy atom. The lowest BCUT2D eigenvalue weighted by atomic mass is 10.4. The van der Waals surface area contributed by atoms with Crippen LogP contribution in [-0.4, -0.2) is 81.2 Å². The van der Waals surface area contributed by atoms with Crippen molar-refractivity contribution in [1.82, 2.24) is 15.5 Å². The first-order valence-corrected chi connectivity index (χ1v) is 6.30. The summed E-state index contributed by atoms with van der Waals surface area (Å²) in [6.45, 7) is 4.77. The van der Waals surface area contributed by atoms with Crippen LogP contribution < -0.4 is 10.6 Å².